The van der Waals surface area contributed by atoms with Crippen molar-refractivity contribution in [1.29, 1.82) is 0 Å². The van der Waals surface area contributed by atoms with Gasteiger partial charge in [-0.05, 0) is 32.4 Å². The Balaban J connectivity index is 2.17. The first-order chi connectivity index (χ1) is 9.11. The number of aliphatic hydroxyl groups excluding tert-OH is 1. The summed E-state index contributed by atoms with van der Waals surface area (Å²) in [5.74, 6) is 1.61. The van der Waals surface area contributed by atoms with E-state index in [1.807, 2.05) is 35.9 Å². The van der Waals surface area contributed by atoms with Crippen molar-refractivity contribution in [3.05, 3.63) is 47.5 Å². The van der Waals surface area contributed by atoms with Crippen LogP contribution in [0, 0.1) is 6.92 Å². The van der Waals surface area contributed by atoms with Crippen LogP contribution in [0.25, 0.3) is 0 Å². The molecule has 102 valence electrons. The van der Waals surface area contributed by atoms with Crippen LogP contribution >= 0.6 is 0 Å². The van der Waals surface area contributed by atoms with Crippen molar-refractivity contribution < 1.29 is 9.84 Å². The molecule has 1 N–H and O–H groups in total. The van der Waals surface area contributed by atoms with Crippen LogP contribution in [-0.4, -0.2) is 14.7 Å². The molecule has 1 heterocycles. The smallest absolute Gasteiger partial charge is 0.146 e. The first kappa shape index (κ1) is 13.6. The molecule has 0 radical (unpaired) electrons. The fraction of sp³-hybridized carbons (Fsp3) is 0.400. The number of hydrogen-bond donors (Lipinski definition) is 1. The van der Waals surface area contributed by atoms with E-state index in [1.165, 1.54) is 0 Å². The first-order valence-corrected chi connectivity index (χ1v) is 6.53. The van der Waals surface area contributed by atoms with Crippen LogP contribution in [0.5, 0.6) is 5.75 Å². The Morgan fingerprint density at radius 2 is 2.21 bits per heavy atom. The van der Waals surface area contributed by atoms with Crippen LogP contribution < -0.4 is 4.74 Å². The number of aromatic nitrogens is 2. The van der Waals surface area contributed by atoms with E-state index in [0.29, 0.717) is 6.61 Å². The van der Waals surface area contributed by atoms with Crippen LogP contribution in [0.4, 0.5) is 0 Å². The van der Waals surface area contributed by atoms with Gasteiger partial charge < -0.3 is 14.4 Å². The molecule has 0 aliphatic heterocycles. The van der Waals surface area contributed by atoms with Crippen molar-refractivity contribution in [2.75, 3.05) is 0 Å². The van der Waals surface area contributed by atoms with Crippen molar-refractivity contribution >= 4 is 0 Å². The summed E-state index contributed by atoms with van der Waals surface area (Å²) in [5, 5.41) is 9.75. The van der Waals surface area contributed by atoms with Gasteiger partial charge in [0, 0.05) is 24.5 Å². The van der Waals surface area contributed by atoms with E-state index in [9.17, 15) is 5.11 Å². The number of aryl methyl sites for hydroxylation is 2. The van der Waals surface area contributed by atoms with E-state index in [4.69, 9.17) is 4.74 Å². The number of imidazole rings is 1. The third-order valence-electron chi connectivity index (χ3n) is 3.12. The van der Waals surface area contributed by atoms with Gasteiger partial charge in [0.05, 0.1) is 6.10 Å². The molecule has 19 heavy (non-hydrogen) atoms. The molecule has 4 nitrogen and oxygen atoms in total. The second-order valence-corrected chi connectivity index (χ2v) is 4.64. The summed E-state index contributed by atoms with van der Waals surface area (Å²) in [5.41, 5.74) is 1.92. The van der Waals surface area contributed by atoms with E-state index in [-0.39, 0.29) is 0 Å². The molecule has 1 aromatic heterocycles. The average molecular weight is 260 g/mol. The van der Waals surface area contributed by atoms with E-state index < -0.39 is 6.10 Å². The Morgan fingerprint density at radius 3 is 2.89 bits per heavy atom. The lowest BCUT2D eigenvalue weighted by Gasteiger charge is -2.14. The molecule has 2 aromatic rings. The third kappa shape index (κ3) is 3.15. The summed E-state index contributed by atoms with van der Waals surface area (Å²) < 4.78 is 7.86. The minimum Gasteiger partial charge on any atom is -0.485 e. The highest BCUT2D eigenvalue weighted by molar-refractivity contribution is 5.38. The second kappa shape index (κ2) is 5.89. The van der Waals surface area contributed by atoms with Crippen molar-refractivity contribution in [3.63, 3.8) is 0 Å². The van der Waals surface area contributed by atoms with Gasteiger partial charge in [-0.15, -0.1) is 0 Å². The minimum atomic E-state index is -0.540. The van der Waals surface area contributed by atoms with Crippen LogP contribution in [0.2, 0.25) is 0 Å². The Hall–Kier alpha value is -1.81. The quantitative estimate of drug-likeness (QED) is 0.899. The SMILES string of the molecule is CCn1ccnc1COc1cc(C)ccc1C(C)O. The second-order valence-electron chi connectivity index (χ2n) is 4.64. The van der Waals surface area contributed by atoms with Gasteiger partial charge in [0.1, 0.15) is 18.2 Å². The van der Waals surface area contributed by atoms with E-state index in [1.54, 1.807) is 13.1 Å². The zero-order valence-corrected chi connectivity index (χ0v) is 11.6. The Kier molecular flexibility index (Phi) is 4.22. The normalized spacial score (nSPS) is 12.4. The number of benzene rings is 1. The lowest BCUT2D eigenvalue weighted by Crippen LogP contribution is -2.07. The molecule has 0 spiro atoms. The third-order valence-corrected chi connectivity index (χ3v) is 3.12. The van der Waals surface area contributed by atoms with Gasteiger partial charge in [-0.1, -0.05) is 12.1 Å². The Labute approximate surface area is 113 Å². The molecule has 0 saturated carbocycles. The number of ether oxygens (including phenoxy) is 1. The molecule has 0 aliphatic carbocycles. The summed E-state index contributed by atoms with van der Waals surface area (Å²) in [6.45, 7) is 7.09. The molecular weight excluding hydrogens is 240 g/mol. The molecular formula is C15H20N2O2. The first-order valence-electron chi connectivity index (χ1n) is 6.53. The van der Waals surface area contributed by atoms with Crippen LogP contribution in [0.1, 0.15) is 36.9 Å². The Morgan fingerprint density at radius 1 is 1.42 bits per heavy atom. The molecule has 1 atom stereocenters. The Bertz CT molecular complexity index is 547. The van der Waals surface area contributed by atoms with Gasteiger partial charge in [0.25, 0.3) is 0 Å². The maximum absolute atomic E-state index is 9.75. The average Bonchev–Trinajstić information content (AvgIpc) is 2.83. The molecule has 0 aliphatic rings. The lowest BCUT2D eigenvalue weighted by molar-refractivity contribution is 0.189. The molecule has 0 saturated heterocycles. The highest BCUT2D eigenvalue weighted by Gasteiger charge is 2.10. The number of rotatable bonds is 5. The van der Waals surface area contributed by atoms with Gasteiger partial charge in [0.2, 0.25) is 0 Å². The highest BCUT2D eigenvalue weighted by Crippen LogP contribution is 2.26. The number of aliphatic hydroxyl groups is 1. The largest absolute Gasteiger partial charge is 0.485 e. The van der Waals surface area contributed by atoms with Gasteiger partial charge >= 0.3 is 0 Å². The molecule has 0 bridgehead atoms. The molecule has 1 aromatic carbocycles. The maximum atomic E-state index is 9.75. The summed E-state index contributed by atoms with van der Waals surface area (Å²) in [4.78, 5) is 4.27. The number of nitrogens with zero attached hydrogens (tertiary/aromatic N) is 2. The van der Waals surface area contributed by atoms with Crippen molar-refractivity contribution in [2.45, 2.75) is 40.0 Å². The van der Waals surface area contributed by atoms with Gasteiger partial charge in [0.15, 0.2) is 0 Å². The predicted molar refractivity (Wildman–Crippen MR) is 74.0 cm³/mol. The van der Waals surface area contributed by atoms with Crippen LogP contribution in [-0.2, 0) is 13.2 Å². The molecule has 0 amide bonds. The predicted octanol–water partition coefficient (Wildman–Crippen LogP) is 2.84. The van der Waals surface area contributed by atoms with E-state index >= 15 is 0 Å². The molecule has 1 unspecified atom stereocenters. The summed E-state index contributed by atoms with van der Waals surface area (Å²) in [7, 11) is 0. The zero-order chi connectivity index (χ0) is 13.8. The van der Waals surface area contributed by atoms with E-state index in [0.717, 1.165) is 29.2 Å². The van der Waals surface area contributed by atoms with Gasteiger partial charge in [-0.2, -0.15) is 0 Å². The van der Waals surface area contributed by atoms with Gasteiger partial charge in [-0.25, -0.2) is 4.98 Å². The highest BCUT2D eigenvalue weighted by atomic mass is 16.5. The lowest BCUT2D eigenvalue weighted by atomic mass is 10.1. The summed E-state index contributed by atoms with van der Waals surface area (Å²) >= 11 is 0. The van der Waals surface area contributed by atoms with Crippen LogP contribution in [0.3, 0.4) is 0 Å². The molecule has 4 heteroatoms. The standard InChI is InChI=1S/C15H20N2O2/c1-4-17-8-7-16-15(17)10-19-14-9-11(2)5-6-13(14)12(3)18/h5-9,12,18H,4,10H2,1-3H3. The fourth-order valence-corrected chi connectivity index (χ4v) is 2.02. The summed E-state index contributed by atoms with van der Waals surface area (Å²) in [6, 6.07) is 5.82. The molecule has 0 fully saturated rings. The molecule has 2 rings (SSSR count). The zero-order valence-electron chi connectivity index (χ0n) is 11.6. The van der Waals surface area contributed by atoms with Crippen molar-refractivity contribution in [1.82, 2.24) is 9.55 Å². The summed E-state index contributed by atoms with van der Waals surface area (Å²) in [6.07, 6.45) is 3.17. The van der Waals surface area contributed by atoms with Crippen molar-refractivity contribution in [2.24, 2.45) is 0 Å². The fourth-order valence-electron chi connectivity index (χ4n) is 2.02. The topological polar surface area (TPSA) is 47.3 Å². The van der Waals surface area contributed by atoms with E-state index in [2.05, 4.69) is 11.9 Å². The maximum Gasteiger partial charge on any atom is 0.146 e. The van der Waals surface area contributed by atoms with Gasteiger partial charge in [-0.3, -0.25) is 0 Å². The number of hydrogen-bond acceptors (Lipinski definition) is 3. The van der Waals surface area contributed by atoms with Crippen LogP contribution in [0.15, 0.2) is 30.6 Å². The monoisotopic (exact) mass is 260 g/mol. The van der Waals surface area contributed by atoms with Crippen molar-refractivity contribution in [3.8, 4) is 5.75 Å². The minimum absolute atomic E-state index is 0.407.